The zero-order chi connectivity index (χ0) is 13.8. The maximum absolute atomic E-state index is 12.2. The molecule has 106 valence electrons. The molecule has 0 saturated heterocycles. The number of ketones is 1. The summed E-state index contributed by atoms with van der Waals surface area (Å²) in [6, 6.07) is 8.39. The Bertz CT molecular complexity index is 578. The highest BCUT2D eigenvalue weighted by molar-refractivity contribution is 7.17. The second kappa shape index (κ2) is 6.53. The van der Waals surface area contributed by atoms with Gasteiger partial charge >= 0.3 is 0 Å². The van der Waals surface area contributed by atoms with E-state index in [4.69, 9.17) is 0 Å². The maximum atomic E-state index is 12.2. The van der Waals surface area contributed by atoms with Gasteiger partial charge in [-0.3, -0.25) is 4.79 Å². The normalized spacial score (nSPS) is 16.6. The molecule has 0 atom stereocenters. The molecule has 1 aromatic heterocycles. The molecule has 20 heavy (non-hydrogen) atoms. The molecular weight excluding hydrogens is 264 g/mol. The SMILES string of the molecule is O=C(CCC1CCCCC1)Cc1csc2ccccc12. The predicted molar refractivity (Wildman–Crippen MR) is 86.3 cm³/mol. The van der Waals surface area contributed by atoms with Gasteiger partial charge in [-0.2, -0.15) is 0 Å². The van der Waals surface area contributed by atoms with Gasteiger partial charge in [-0.25, -0.2) is 0 Å². The molecule has 1 fully saturated rings. The smallest absolute Gasteiger partial charge is 0.137 e. The standard InChI is InChI=1S/C18H22OS/c19-16(11-10-14-6-2-1-3-7-14)12-15-13-20-18-9-5-4-8-17(15)18/h4-5,8-9,13-14H,1-3,6-7,10-12H2. The van der Waals surface area contributed by atoms with Gasteiger partial charge < -0.3 is 0 Å². The van der Waals surface area contributed by atoms with Crippen LogP contribution in [0.2, 0.25) is 0 Å². The largest absolute Gasteiger partial charge is 0.299 e. The third kappa shape index (κ3) is 3.29. The number of thiophene rings is 1. The van der Waals surface area contributed by atoms with Crippen LogP contribution in [0.5, 0.6) is 0 Å². The Kier molecular flexibility index (Phi) is 4.51. The van der Waals surface area contributed by atoms with Crippen molar-refractivity contribution in [1.82, 2.24) is 0 Å². The summed E-state index contributed by atoms with van der Waals surface area (Å²) >= 11 is 1.75. The molecule has 1 nitrogen and oxygen atoms in total. The lowest BCUT2D eigenvalue weighted by molar-refractivity contribution is -0.118. The fourth-order valence-corrected chi connectivity index (χ4v) is 4.27. The molecular formula is C18H22OS. The van der Waals surface area contributed by atoms with Gasteiger partial charge in [-0.1, -0.05) is 50.3 Å². The van der Waals surface area contributed by atoms with E-state index in [9.17, 15) is 4.79 Å². The van der Waals surface area contributed by atoms with Crippen molar-refractivity contribution in [2.75, 3.05) is 0 Å². The Balaban J connectivity index is 1.55. The molecule has 1 aliphatic rings. The van der Waals surface area contributed by atoms with E-state index in [0.29, 0.717) is 12.2 Å². The zero-order valence-electron chi connectivity index (χ0n) is 11.9. The van der Waals surface area contributed by atoms with Gasteiger partial charge in [0.2, 0.25) is 0 Å². The number of Topliss-reactive ketones (excluding diaryl/α,β-unsaturated/α-hetero) is 1. The van der Waals surface area contributed by atoms with Crippen LogP contribution >= 0.6 is 11.3 Å². The summed E-state index contributed by atoms with van der Waals surface area (Å²) in [5.41, 5.74) is 1.22. The fraction of sp³-hybridized carbons (Fsp3) is 0.500. The van der Waals surface area contributed by atoms with Crippen molar-refractivity contribution in [1.29, 1.82) is 0 Å². The Hall–Kier alpha value is -1.15. The minimum absolute atomic E-state index is 0.416. The monoisotopic (exact) mass is 286 g/mol. The fourth-order valence-electron chi connectivity index (χ4n) is 3.31. The van der Waals surface area contributed by atoms with Crippen molar-refractivity contribution in [3.8, 4) is 0 Å². The van der Waals surface area contributed by atoms with Crippen LogP contribution in [0.1, 0.15) is 50.5 Å². The molecule has 0 N–H and O–H groups in total. The molecule has 0 bridgehead atoms. The number of hydrogen-bond acceptors (Lipinski definition) is 2. The number of hydrogen-bond donors (Lipinski definition) is 0. The molecule has 2 heteroatoms. The highest BCUT2D eigenvalue weighted by Crippen LogP contribution is 2.29. The minimum atomic E-state index is 0.416. The third-order valence-corrected chi connectivity index (χ3v) is 5.52. The van der Waals surface area contributed by atoms with E-state index >= 15 is 0 Å². The van der Waals surface area contributed by atoms with Crippen LogP contribution in [-0.4, -0.2) is 5.78 Å². The summed E-state index contributed by atoms with van der Waals surface area (Å²) in [7, 11) is 0. The molecule has 0 aliphatic heterocycles. The van der Waals surface area contributed by atoms with E-state index in [0.717, 1.165) is 18.8 Å². The van der Waals surface area contributed by atoms with E-state index in [-0.39, 0.29) is 0 Å². The summed E-state index contributed by atoms with van der Waals surface area (Å²) in [4.78, 5) is 12.2. The van der Waals surface area contributed by atoms with E-state index in [1.165, 1.54) is 47.8 Å². The lowest BCUT2D eigenvalue weighted by Gasteiger charge is -2.20. The highest BCUT2D eigenvalue weighted by Gasteiger charge is 2.15. The van der Waals surface area contributed by atoms with E-state index < -0.39 is 0 Å². The second-order valence-electron chi connectivity index (χ2n) is 6.02. The average Bonchev–Trinajstić information content (AvgIpc) is 2.90. The Morgan fingerprint density at radius 2 is 1.95 bits per heavy atom. The number of rotatable bonds is 5. The van der Waals surface area contributed by atoms with Crippen LogP contribution in [0.25, 0.3) is 10.1 Å². The maximum Gasteiger partial charge on any atom is 0.137 e. The number of carbonyl (C=O) groups is 1. The van der Waals surface area contributed by atoms with Crippen molar-refractivity contribution in [2.45, 2.75) is 51.4 Å². The zero-order valence-corrected chi connectivity index (χ0v) is 12.8. The minimum Gasteiger partial charge on any atom is -0.299 e. The lowest BCUT2D eigenvalue weighted by atomic mass is 9.85. The van der Waals surface area contributed by atoms with Crippen molar-refractivity contribution in [3.63, 3.8) is 0 Å². The first-order chi connectivity index (χ1) is 9.83. The predicted octanol–water partition coefficient (Wildman–Crippen LogP) is 5.37. The van der Waals surface area contributed by atoms with Gasteiger partial charge in [-0.05, 0) is 34.7 Å². The van der Waals surface area contributed by atoms with Gasteiger partial charge in [-0.15, -0.1) is 11.3 Å². The first-order valence-corrected chi connectivity index (χ1v) is 8.68. The first kappa shape index (κ1) is 13.8. The average molecular weight is 286 g/mol. The van der Waals surface area contributed by atoms with Crippen LogP contribution in [0.15, 0.2) is 29.6 Å². The highest BCUT2D eigenvalue weighted by atomic mass is 32.1. The molecule has 0 unspecified atom stereocenters. The van der Waals surface area contributed by atoms with Gasteiger partial charge in [0.25, 0.3) is 0 Å². The quantitative estimate of drug-likeness (QED) is 0.722. The second-order valence-corrected chi connectivity index (χ2v) is 6.93. The molecule has 0 spiro atoms. The molecule has 2 aromatic rings. The van der Waals surface area contributed by atoms with Gasteiger partial charge in [0.05, 0.1) is 0 Å². The molecule has 1 aliphatic carbocycles. The molecule has 1 heterocycles. The van der Waals surface area contributed by atoms with Crippen molar-refractivity contribution in [3.05, 3.63) is 35.2 Å². The van der Waals surface area contributed by atoms with E-state index in [1.807, 2.05) is 0 Å². The Morgan fingerprint density at radius 3 is 2.80 bits per heavy atom. The third-order valence-electron chi connectivity index (χ3n) is 4.50. The molecule has 0 amide bonds. The van der Waals surface area contributed by atoms with Crippen LogP contribution in [-0.2, 0) is 11.2 Å². The summed E-state index contributed by atoms with van der Waals surface area (Å²) < 4.78 is 1.29. The topological polar surface area (TPSA) is 17.1 Å². The Morgan fingerprint density at radius 1 is 1.15 bits per heavy atom. The number of fused-ring (bicyclic) bond motifs is 1. The Labute approximate surface area is 125 Å². The van der Waals surface area contributed by atoms with Crippen molar-refractivity contribution >= 4 is 27.2 Å². The summed E-state index contributed by atoms with van der Waals surface area (Å²) in [6.07, 6.45) is 9.32. The van der Waals surface area contributed by atoms with Gasteiger partial charge in [0.15, 0.2) is 0 Å². The molecule has 3 rings (SSSR count). The van der Waals surface area contributed by atoms with Crippen LogP contribution < -0.4 is 0 Å². The van der Waals surface area contributed by atoms with E-state index in [1.54, 1.807) is 11.3 Å². The van der Waals surface area contributed by atoms with Crippen LogP contribution in [0.3, 0.4) is 0 Å². The van der Waals surface area contributed by atoms with Crippen molar-refractivity contribution in [2.24, 2.45) is 5.92 Å². The molecule has 1 saturated carbocycles. The van der Waals surface area contributed by atoms with Crippen LogP contribution in [0, 0.1) is 5.92 Å². The molecule has 1 aromatic carbocycles. The summed E-state index contributed by atoms with van der Waals surface area (Å²) in [5, 5.41) is 3.42. The van der Waals surface area contributed by atoms with Crippen LogP contribution in [0.4, 0.5) is 0 Å². The van der Waals surface area contributed by atoms with Gasteiger partial charge in [0, 0.05) is 17.5 Å². The summed E-state index contributed by atoms with van der Waals surface area (Å²) in [6.45, 7) is 0. The lowest BCUT2D eigenvalue weighted by Crippen LogP contribution is -2.10. The first-order valence-electron chi connectivity index (χ1n) is 7.80. The molecule has 0 radical (unpaired) electrons. The van der Waals surface area contributed by atoms with Crippen molar-refractivity contribution < 1.29 is 4.79 Å². The number of benzene rings is 1. The van der Waals surface area contributed by atoms with E-state index in [2.05, 4.69) is 29.6 Å². The van der Waals surface area contributed by atoms with Gasteiger partial charge in [0.1, 0.15) is 5.78 Å². The summed E-state index contributed by atoms with van der Waals surface area (Å²) in [5.74, 6) is 1.23. The number of carbonyl (C=O) groups excluding carboxylic acids is 1.